The summed E-state index contributed by atoms with van der Waals surface area (Å²) < 4.78 is 16.7. The molecule has 0 fully saturated rings. The molecular weight excluding hydrogens is 321 g/mol. The smallest absolute Gasteiger partial charge is 0.342 e. The molecule has 0 aliphatic heterocycles. The first-order valence-corrected chi connectivity index (χ1v) is 9.93. The lowest BCUT2D eigenvalue weighted by molar-refractivity contribution is 0.0376. The van der Waals surface area contributed by atoms with Crippen LogP contribution in [-0.4, -0.2) is 24.7 Å². The molecule has 124 valence electrons. The van der Waals surface area contributed by atoms with Crippen molar-refractivity contribution in [2.45, 2.75) is 46.8 Å². The lowest BCUT2D eigenvalue weighted by Crippen LogP contribution is -2.24. The Labute approximate surface area is 137 Å². The Kier molecular flexibility index (Phi) is 7.49. The van der Waals surface area contributed by atoms with Crippen LogP contribution >= 0.6 is 6.64 Å². The molecule has 0 spiro atoms. The Balaban J connectivity index is 3.05. The number of hydrogen-bond donors (Lipinski definition) is 1. The molecule has 0 unspecified atom stereocenters. The number of para-hydroxylation sites is 1. The predicted octanol–water partition coefficient (Wildman–Crippen LogP) is 3.89. The molecule has 1 N–H and O–H groups in total. The van der Waals surface area contributed by atoms with Gasteiger partial charge >= 0.3 is 12.6 Å². The highest BCUT2D eigenvalue weighted by atomic mass is 32.5. The third kappa shape index (κ3) is 6.05. The maximum absolute atomic E-state index is 12.2. The van der Waals surface area contributed by atoms with E-state index in [1.165, 1.54) is 0 Å². The van der Waals surface area contributed by atoms with Crippen molar-refractivity contribution in [3.63, 3.8) is 0 Å². The van der Waals surface area contributed by atoms with E-state index in [9.17, 15) is 4.79 Å². The second-order valence-corrected chi connectivity index (χ2v) is 8.38. The average Bonchev–Trinajstić information content (AvgIpc) is 2.37. The molecule has 0 aliphatic carbocycles. The number of esters is 1. The molecule has 22 heavy (non-hydrogen) atoms. The van der Waals surface area contributed by atoms with Gasteiger partial charge in [0.25, 0.3) is 0 Å². The van der Waals surface area contributed by atoms with Gasteiger partial charge in [0.15, 0.2) is 0 Å². The highest BCUT2D eigenvalue weighted by molar-refractivity contribution is 8.09. The molecule has 1 rings (SSSR count). The van der Waals surface area contributed by atoms with E-state index >= 15 is 0 Å². The summed E-state index contributed by atoms with van der Waals surface area (Å²) in [6, 6.07) is 6.99. The van der Waals surface area contributed by atoms with Gasteiger partial charge in [-0.2, -0.15) is 0 Å². The lowest BCUT2D eigenvalue weighted by atomic mass is 10.2. The van der Waals surface area contributed by atoms with Gasteiger partial charge in [0, 0.05) is 6.04 Å². The van der Waals surface area contributed by atoms with E-state index in [1.54, 1.807) is 38.1 Å². The molecule has 1 aromatic rings. The van der Waals surface area contributed by atoms with Gasteiger partial charge in [-0.25, -0.2) is 9.88 Å². The van der Waals surface area contributed by atoms with Gasteiger partial charge in [-0.1, -0.05) is 12.1 Å². The first-order valence-electron chi connectivity index (χ1n) is 7.29. The number of nitrogens with one attached hydrogen (secondary N) is 1. The molecule has 0 aromatic heterocycles. The minimum atomic E-state index is -2.72. The largest absolute Gasteiger partial charge is 0.459 e. The second kappa shape index (κ2) is 8.63. The van der Waals surface area contributed by atoms with Crippen LogP contribution in [-0.2, 0) is 21.1 Å². The standard InChI is InChI=1S/C15H24NO4PS/c1-6-18-21(22,16-11(2)3)20-14-10-8-7-9-13(14)15(17)19-12(4)5/h7-12H,6H2,1-5H3,(H,16,22)/t21-/m1/s1. The zero-order valence-electron chi connectivity index (χ0n) is 13.7. The number of carbonyl (C=O) groups is 1. The maximum atomic E-state index is 12.2. The van der Waals surface area contributed by atoms with Crippen LogP contribution in [0.4, 0.5) is 0 Å². The lowest BCUT2D eigenvalue weighted by Gasteiger charge is -2.26. The molecule has 0 saturated heterocycles. The third-order valence-corrected chi connectivity index (χ3v) is 5.11. The van der Waals surface area contributed by atoms with Crippen LogP contribution in [0.3, 0.4) is 0 Å². The molecule has 7 heteroatoms. The Morgan fingerprint density at radius 3 is 2.45 bits per heavy atom. The van der Waals surface area contributed by atoms with E-state index in [-0.39, 0.29) is 12.1 Å². The Hall–Kier alpha value is -0.940. The molecule has 1 aromatic carbocycles. The molecule has 1 atom stereocenters. The Bertz CT molecular complexity index is 548. The number of ether oxygens (including phenoxy) is 1. The fraction of sp³-hybridized carbons (Fsp3) is 0.533. The number of hydrogen-bond acceptors (Lipinski definition) is 5. The monoisotopic (exact) mass is 345 g/mol. The first-order chi connectivity index (χ1) is 10.3. The minimum Gasteiger partial charge on any atom is -0.459 e. The van der Waals surface area contributed by atoms with Crippen LogP contribution in [0.15, 0.2) is 24.3 Å². The average molecular weight is 345 g/mol. The van der Waals surface area contributed by atoms with Crippen molar-refractivity contribution in [2.75, 3.05) is 6.61 Å². The Morgan fingerprint density at radius 1 is 1.27 bits per heavy atom. The molecule has 0 heterocycles. The van der Waals surface area contributed by atoms with Crippen LogP contribution in [0.1, 0.15) is 45.0 Å². The summed E-state index contributed by atoms with van der Waals surface area (Å²) in [5.41, 5.74) is 0.343. The molecule has 0 aliphatic rings. The summed E-state index contributed by atoms with van der Waals surface area (Å²) in [5, 5.41) is 3.14. The van der Waals surface area contributed by atoms with Crippen molar-refractivity contribution in [1.29, 1.82) is 0 Å². The Morgan fingerprint density at radius 2 is 1.91 bits per heavy atom. The van der Waals surface area contributed by atoms with E-state index in [4.69, 9.17) is 25.6 Å². The number of rotatable bonds is 8. The van der Waals surface area contributed by atoms with E-state index in [1.807, 2.05) is 20.8 Å². The molecule has 0 saturated carbocycles. The van der Waals surface area contributed by atoms with Crippen LogP contribution in [0.2, 0.25) is 0 Å². The first kappa shape index (κ1) is 19.1. The fourth-order valence-electron chi connectivity index (χ4n) is 1.70. The zero-order chi connectivity index (χ0) is 16.8. The fourth-order valence-corrected chi connectivity index (χ4v) is 4.46. The van der Waals surface area contributed by atoms with Crippen LogP contribution in [0, 0.1) is 0 Å². The molecule has 0 amide bonds. The van der Waals surface area contributed by atoms with Crippen molar-refractivity contribution >= 4 is 24.4 Å². The molecule has 0 radical (unpaired) electrons. The van der Waals surface area contributed by atoms with Gasteiger partial charge in [0.1, 0.15) is 11.3 Å². The van der Waals surface area contributed by atoms with E-state index < -0.39 is 12.6 Å². The van der Waals surface area contributed by atoms with Crippen molar-refractivity contribution in [3.8, 4) is 5.75 Å². The van der Waals surface area contributed by atoms with Gasteiger partial charge in [-0.3, -0.25) is 0 Å². The molecular formula is C15H24NO4PS. The summed E-state index contributed by atoms with van der Waals surface area (Å²) in [4.78, 5) is 12.2. The maximum Gasteiger partial charge on any atom is 0.342 e. The normalized spacial score (nSPS) is 14.0. The number of benzene rings is 1. The highest BCUT2D eigenvalue weighted by Gasteiger charge is 2.24. The SMILES string of the molecule is CCO[P@](=S)(NC(C)C)Oc1ccccc1C(=O)OC(C)C. The summed E-state index contributed by atoms with van der Waals surface area (Å²) >= 11 is 5.50. The van der Waals surface area contributed by atoms with Gasteiger partial charge in [0.2, 0.25) is 0 Å². The predicted molar refractivity (Wildman–Crippen MR) is 91.8 cm³/mol. The topological polar surface area (TPSA) is 56.8 Å². The zero-order valence-corrected chi connectivity index (χ0v) is 15.4. The van der Waals surface area contributed by atoms with Gasteiger partial charge in [-0.15, -0.1) is 0 Å². The minimum absolute atomic E-state index is 0.104. The highest BCUT2D eigenvalue weighted by Crippen LogP contribution is 2.46. The summed E-state index contributed by atoms with van der Waals surface area (Å²) in [6.45, 7) is 7.07. The van der Waals surface area contributed by atoms with E-state index in [2.05, 4.69) is 5.09 Å². The van der Waals surface area contributed by atoms with Crippen molar-refractivity contribution in [3.05, 3.63) is 29.8 Å². The van der Waals surface area contributed by atoms with Gasteiger partial charge in [0.05, 0.1) is 12.7 Å². The quantitative estimate of drug-likeness (QED) is 0.570. The van der Waals surface area contributed by atoms with Crippen molar-refractivity contribution < 1.29 is 18.6 Å². The molecule has 0 bridgehead atoms. The van der Waals surface area contributed by atoms with E-state index in [0.29, 0.717) is 17.9 Å². The van der Waals surface area contributed by atoms with Crippen LogP contribution < -0.4 is 9.61 Å². The third-order valence-electron chi connectivity index (χ3n) is 2.38. The van der Waals surface area contributed by atoms with Gasteiger partial charge < -0.3 is 13.8 Å². The van der Waals surface area contributed by atoms with Crippen molar-refractivity contribution in [2.24, 2.45) is 0 Å². The van der Waals surface area contributed by atoms with E-state index in [0.717, 1.165) is 0 Å². The summed E-state index contributed by atoms with van der Waals surface area (Å²) in [5.74, 6) is -0.0636. The van der Waals surface area contributed by atoms with Gasteiger partial charge in [-0.05, 0) is 58.6 Å². The molecule has 5 nitrogen and oxygen atoms in total. The second-order valence-electron chi connectivity index (χ2n) is 5.24. The number of carbonyl (C=O) groups excluding carboxylic acids is 1. The van der Waals surface area contributed by atoms with Crippen LogP contribution in [0.5, 0.6) is 5.75 Å². The van der Waals surface area contributed by atoms with Crippen LogP contribution in [0.25, 0.3) is 0 Å². The van der Waals surface area contributed by atoms with Crippen molar-refractivity contribution in [1.82, 2.24) is 5.09 Å². The summed E-state index contributed by atoms with van der Waals surface area (Å²) in [7, 11) is 0. The summed E-state index contributed by atoms with van der Waals surface area (Å²) in [6.07, 6.45) is -0.204.